The first-order valence-corrected chi connectivity index (χ1v) is 11.4. The summed E-state index contributed by atoms with van der Waals surface area (Å²) >= 11 is 0. The summed E-state index contributed by atoms with van der Waals surface area (Å²) in [7, 11) is 1.27. The van der Waals surface area contributed by atoms with Gasteiger partial charge < -0.3 is 19.3 Å². The minimum atomic E-state index is -1.19. The number of esters is 1. The van der Waals surface area contributed by atoms with Crippen molar-refractivity contribution >= 4 is 17.5 Å². The van der Waals surface area contributed by atoms with Crippen molar-refractivity contribution in [3.05, 3.63) is 53.1 Å². The Balaban J connectivity index is 1.85. The fourth-order valence-electron chi connectivity index (χ4n) is 3.44. The maximum atomic E-state index is 12.4. The van der Waals surface area contributed by atoms with E-state index >= 15 is 0 Å². The number of ether oxygens (including phenoxy) is 3. The largest absolute Gasteiger partial charge is 0.507 e. The lowest BCUT2D eigenvalue weighted by molar-refractivity contribution is -0.155. The van der Waals surface area contributed by atoms with Gasteiger partial charge in [-0.05, 0) is 57.0 Å². The average Bonchev–Trinajstić information content (AvgIpc) is 2.81. The Bertz CT molecular complexity index is 1010. The Hall–Kier alpha value is -3.35. The van der Waals surface area contributed by atoms with Gasteiger partial charge in [-0.15, -0.1) is 0 Å². The molecule has 0 aliphatic carbocycles. The first kappa shape index (κ1) is 26.9. The highest BCUT2D eigenvalue weighted by molar-refractivity contribution is 6.03. The number of carbonyl (C=O) groups is 3. The monoisotopic (exact) mass is 470 g/mol. The Kier molecular flexibility index (Phi) is 9.66. The van der Waals surface area contributed by atoms with Crippen molar-refractivity contribution in [1.29, 1.82) is 0 Å². The molecule has 0 radical (unpaired) electrons. The summed E-state index contributed by atoms with van der Waals surface area (Å²) in [5, 5.41) is 10.4. The second-order valence-electron chi connectivity index (χ2n) is 8.66. The molecule has 7 nitrogen and oxygen atoms in total. The van der Waals surface area contributed by atoms with Crippen molar-refractivity contribution in [2.45, 2.75) is 53.4 Å². The summed E-state index contributed by atoms with van der Waals surface area (Å²) in [4.78, 5) is 35.9. The van der Waals surface area contributed by atoms with E-state index in [9.17, 15) is 19.5 Å². The van der Waals surface area contributed by atoms with E-state index < -0.39 is 11.4 Å². The van der Waals surface area contributed by atoms with Crippen LogP contribution in [-0.4, -0.2) is 43.0 Å². The first-order valence-electron chi connectivity index (χ1n) is 11.4. The van der Waals surface area contributed by atoms with Crippen LogP contribution < -0.4 is 9.47 Å². The van der Waals surface area contributed by atoms with Crippen LogP contribution in [-0.2, 0) is 27.2 Å². The molecule has 0 aliphatic heterocycles. The Morgan fingerprint density at radius 3 is 2.21 bits per heavy atom. The molecule has 1 N–H and O–H groups in total. The molecule has 0 fully saturated rings. The van der Waals surface area contributed by atoms with Crippen LogP contribution in [0.5, 0.6) is 17.2 Å². The number of rotatable bonds is 13. The van der Waals surface area contributed by atoms with E-state index in [2.05, 4.69) is 0 Å². The van der Waals surface area contributed by atoms with Gasteiger partial charge in [-0.2, -0.15) is 0 Å². The molecule has 34 heavy (non-hydrogen) atoms. The Morgan fingerprint density at radius 2 is 1.62 bits per heavy atom. The van der Waals surface area contributed by atoms with Crippen molar-refractivity contribution in [3.63, 3.8) is 0 Å². The van der Waals surface area contributed by atoms with Gasteiger partial charge in [0.1, 0.15) is 22.7 Å². The minimum absolute atomic E-state index is 0.00311. The van der Waals surface area contributed by atoms with E-state index in [4.69, 9.17) is 14.2 Å². The fraction of sp³-hybridized carbons (Fsp3) is 0.444. The highest BCUT2D eigenvalue weighted by atomic mass is 16.5. The molecule has 0 heterocycles. The molecule has 0 saturated carbocycles. The molecule has 0 bridgehead atoms. The smallest absolute Gasteiger partial charge is 0.318 e. The first-order chi connectivity index (χ1) is 16.1. The predicted molar refractivity (Wildman–Crippen MR) is 129 cm³/mol. The summed E-state index contributed by atoms with van der Waals surface area (Å²) in [6.45, 7) is 7.36. The molecule has 2 aromatic carbocycles. The number of phenols is 1. The Morgan fingerprint density at radius 1 is 0.971 bits per heavy atom. The molecular weight excluding hydrogens is 436 g/mol. The van der Waals surface area contributed by atoms with Crippen LogP contribution in [0.15, 0.2) is 36.4 Å². The standard InChI is InChI=1S/C27H34O7/c1-6-8-22-23(14-13-21(18(2)28)25(22)30)34-16-7-15-33-20-11-9-19(10-12-20)17-24(29)27(3,4)26(31)32-5/h9-14,30H,6-8,15-17H2,1-5H3. The quantitative estimate of drug-likeness (QED) is 0.196. The molecule has 0 saturated heterocycles. The van der Waals surface area contributed by atoms with Gasteiger partial charge in [0.2, 0.25) is 0 Å². The number of Topliss-reactive ketones (excluding diaryl/α,β-unsaturated/α-hetero) is 2. The number of benzene rings is 2. The lowest BCUT2D eigenvalue weighted by Gasteiger charge is -2.19. The van der Waals surface area contributed by atoms with E-state index in [-0.39, 0.29) is 23.7 Å². The van der Waals surface area contributed by atoms with Gasteiger partial charge in [0.25, 0.3) is 0 Å². The highest BCUT2D eigenvalue weighted by Gasteiger charge is 2.36. The number of phenolic OH excluding ortho intramolecular Hbond substituents is 1. The predicted octanol–water partition coefficient (Wildman–Crippen LogP) is 4.71. The van der Waals surface area contributed by atoms with Crippen molar-refractivity contribution in [3.8, 4) is 17.2 Å². The molecule has 0 spiro atoms. The maximum absolute atomic E-state index is 12.4. The van der Waals surface area contributed by atoms with Crippen molar-refractivity contribution in [2.24, 2.45) is 5.41 Å². The molecule has 0 aromatic heterocycles. The molecule has 0 amide bonds. The normalized spacial score (nSPS) is 11.1. The van der Waals surface area contributed by atoms with Crippen LogP contribution in [0.25, 0.3) is 0 Å². The molecule has 184 valence electrons. The van der Waals surface area contributed by atoms with Gasteiger partial charge in [-0.25, -0.2) is 0 Å². The number of methoxy groups -OCH3 is 1. The van der Waals surface area contributed by atoms with Crippen molar-refractivity contribution in [2.75, 3.05) is 20.3 Å². The van der Waals surface area contributed by atoms with Crippen LogP contribution in [0.2, 0.25) is 0 Å². The summed E-state index contributed by atoms with van der Waals surface area (Å²) in [6, 6.07) is 10.5. The van der Waals surface area contributed by atoms with E-state index in [1.807, 2.05) is 6.92 Å². The minimum Gasteiger partial charge on any atom is -0.507 e. The van der Waals surface area contributed by atoms with E-state index in [1.165, 1.54) is 14.0 Å². The van der Waals surface area contributed by atoms with Crippen molar-refractivity contribution < 1.29 is 33.7 Å². The lowest BCUT2D eigenvalue weighted by atomic mass is 9.85. The van der Waals surface area contributed by atoms with Crippen LogP contribution in [0.4, 0.5) is 0 Å². The van der Waals surface area contributed by atoms with Crippen LogP contribution in [0.1, 0.15) is 62.0 Å². The van der Waals surface area contributed by atoms with Gasteiger partial charge in [-0.1, -0.05) is 25.5 Å². The summed E-state index contributed by atoms with van der Waals surface area (Å²) in [5.74, 6) is 0.294. The molecule has 2 rings (SSSR count). The number of aromatic hydroxyl groups is 1. The van der Waals surface area contributed by atoms with Gasteiger partial charge >= 0.3 is 5.97 Å². The number of hydrogen-bond donors (Lipinski definition) is 1. The number of carbonyl (C=O) groups excluding carboxylic acids is 3. The molecule has 7 heteroatoms. The zero-order chi connectivity index (χ0) is 25.3. The molecule has 0 aliphatic rings. The topological polar surface area (TPSA) is 99.1 Å². The lowest BCUT2D eigenvalue weighted by Crippen LogP contribution is -2.35. The number of hydrogen-bond acceptors (Lipinski definition) is 7. The van der Waals surface area contributed by atoms with Gasteiger partial charge in [0, 0.05) is 18.4 Å². The average molecular weight is 471 g/mol. The molecule has 2 aromatic rings. The third kappa shape index (κ3) is 6.83. The van der Waals surface area contributed by atoms with Crippen LogP contribution in [0.3, 0.4) is 0 Å². The van der Waals surface area contributed by atoms with Crippen LogP contribution >= 0.6 is 0 Å². The highest BCUT2D eigenvalue weighted by Crippen LogP contribution is 2.33. The second-order valence-corrected chi connectivity index (χ2v) is 8.66. The third-order valence-electron chi connectivity index (χ3n) is 5.61. The second kappa shape index (κ2) is 12.2. The maximum Gasteiger partial charge on any atom is 0.318 e. The fourth-order valence-corrected chi connectivity index (χ4v) is 3.44. The third-order valence-corrected chi connectivity index (χ3v) is 5.61. The van der Waals surface area contributed by atoms with Crippen LogP contribution in [0, 0.1) is 5.41 Å². The summed E-state index contributed by atoms with van der Waals surface area (Å²) in [5.41, 5.74) is 0.550. The van der Waals surface area contributed by atoms with E-state index in [0.29, 0.717) is 48.7 Å². The van der Waals surface area contributed by atoms with Gasteiger partial charge in [-0.3, -0.25) is 14.4 Å². The summed E-state index contributed by atoms with van der Waals surface area (Å²) < 4.78 is 16.3. The van der Waals surface area contributed by atoms with Gasteiger partial charge in [0.15, 0.2) is 11.6 Å². The zero-order valence-corrected chi connectivity index (χ0v) is 20.6. The SMILES string of the molecule is CCCc1c(OCCCOc2ccc(CC(=O)C(C)(C)C(=O)OC)cc2)ccc(C(C)=O)c1O. The Labute approximate surface area is 201 Å². The molecular formula is C27H34O7. The number of ketones is 2. The van der Waals surface area contributed by atoms with Crippen molar-refractivity contribution in [1.82, 2.24) is 0 Å². The zero-order valence-electron chi connectivity index (χ0n) is 20.6. The molecule has 0 unspecified atom stereocenters. The van der Waals surface area contributed by atoms with E-state index in [0.717, 1.165) is 12.0 Å². The summed E-state index contributed by atoms with van der Waals surface area (Å²) in [6.07, 6.45) is 2.18. The molecule has 0 atom stereocenters. The van der Waals surface area contributed by atoms with E-state index in [1.54, 1.807) is 50.2 Å². The van der Waals surface area contributed by atoms with Gasteiger partial charge in [0.05, 0.1) is 25.9 Å².